The van der Waals surface area contributed by atoms with Gasteiger partial charge < -0.3 is 5.32 Å². The van der Waals surface area contributed by atoms with Crippen LogP contribution in [0.15, 0.2) is 36.5 Å². The molecule has 3 heteroatoms. The molecule has 0 bridgehead atoms. The van der Waals surface area contributed by atoms with Crippen LogP contribution in [-0.2, 0) is 4.79 Å². The summed E-state index contributed by atoms with van der Waals surface area (Å²) in [7, 11) is 0. The van der Waals surface area contributed by atoms with Crippen LogP contribution in [0.2, 0.25) is 0 Å². The fraction of sp³-hybridized carbons (Fsp3) is 0.375. The second kappa shape index (κ2) is 4.34. The number of benzene rings is 1. The third-order valence-electron chi connectivity index (χ3n) is 3.86. The van der Waals surface area contributed by atoms with Crippen LogP contribution >= 0.6 is 0 Å². The number of aromatic nitrogens is 1. The lowest BCUT2D eigenvalue weighted by molar-refractivity contribution is -0.126. The minimum Gasteiger partial charge on any atom is -0.324 e. The first-order chi connectivity index (χ1) is 9.05. The largest absolute Gasteiger partial charge is 0.324 e. The van der Waals surface area contributed by atoms with E-state index >= 15 is 0 Å². The predicted molar refractivity (Wildman–Crippen MR) is 76.9 cm³/mol. The fourth-order valence-electron chi connectivity index (χ4n) is 2.90. The molecule has 98 valence electrons. The number of hydrogen-bond donors (Lipinski definition) is 1. The summed E-state index contributed by atoms with van der Waals surface area (Å²) in [5.41, 5.74) is 1.99. The van der Waals surface area contributed by atoms with Crippen LogP contribution in [-0.4, -0.2) is 10.9 Å². The number of pyridine rings is 1. The molecule has 2 aromatic rings. The molecular weight excluding hydrogens is 236 g/mol. The zero-order chi connectivity index (χ0) is 13.5. The number of nitrogens with one attached hydrogen (secondary N) is 1. The molecule has 1 fully saturated rings. The first kappa shape index (κ1) is 12.2. The van der Waals surface area contributed by atoms with Gasteiger partial charge in [0.25, 0.3) is 0 Å². The van der Waals surface area contributed by atoms with E-state index in [1.807, 2.05) is 30.3 Å². The van der Waals surface area contributed by atoms with Crippen LogP contribution in [0.1, 0.15) is 26.7 Å². The van der Waals surface area contributed by atoms with Crippen LogP contribution in [0.25, 0.3) is 10.9 Å². The number of carbonyl (C=O) groups is 1. The minimum absolute atomic E-state index is 0.123. The van der Waals surface area contributed by atoms with Gasteiger partial charge in [0.05, 0.1) is 11.2 Å². The highest BCUT2D eigenvalue weighted by Crippen LogP contribution is 2.45. The molecule has 1 aromatic heterocycles. The van der Waals surface area contributed by atoms with E-state index < -0.39 is 0 Å². The van der Waals surface area contributed by atoms with E-state index in [0.717, 1.165) is 29.4 Å². The van der Waals surface area contributed by atoms with E-state index in [0.29, 0.717) is 5.41 Å². The molecule has 1 aliphatic rings. The van der Waals surface area contributed by atoms with Gasteiger partial charge in [-0.15, -0.1) is 0 Å². The van der Waals surface area contributed by atoms with Crippen LogP contribution in [0, 0.1) is 11.3 Å². The van der Waals surface area contributed by atoms with Gasteiger partial charge in [-0.2, -0.15) is 0 Å². The summed E-state index contributed by atoms with van der Waals surface area (Å²) >= 11 is 0. The number of carbonyl (C=O) groups excluding carboxylic acids is 1. The van der Waals surface area contributed by atoms with Crippen LogP contribution < -0.4 is 5.32 Å². The number of anilines is 1. The van der Waals surface area contributed by atoms with Crippen LogP contribution in [0.3, 0.4) is 0 Å². The summed E-state index contributed by atoms with van der Waals surface area (Å²) in [4.78, 5) is 16.5. The number of nitrogens with zero attached hydrogens (tertiary/aromatic N) is 1. The van der Waals surface area contributed by atoms with E-state index in [1.165, 1.54) is 0 Å². The van der Waals surface area contributed by atoms with Crippen molar-refractivity contribution >= 4 is 22.5 Å². The van der Waals surface area contributed by atoms with Crippen molar-refractivity contribution in [3.05, 3.63) is 36.5 Å². The fourth-order valence-corrected chi connectivity index (χ4v) is 2.90. The summed E-state index contributed by atoms with van der Waals surface area (Å²) in [6, 6.07) is 9.78. The molecule has 0 aliphatic heterocycles. The monoisotopic (exact) mass is 254 g/mol. The molecule has 3 rings (SSSR count). The number of rotatable bonds is 2. The summed E-state index contributed by atoms with van der Waals surface area (Å²) in [6.07, 6.45) is 3.69. The van der Waals surface area contributed by atoms with Gasteiger partial charge >= 0.3 is 0 Å². The van der Waals surface area contributed by atoms with Gasteiger partial charge in [-0.05, 0) is 30.4 Å². The van der Waals surface area contributed by atoms with Crippen molar-refractivity contribution in [2.45, 2.75) is 26.7 Å². The standard InChI is InChI=1S/C16H18N2O/c1-16(2)9-12(10-16)15(19)18-13-7-3-5-11-6-4-8-17-14(11)13/h3-8,12H,9-10H2,1-2H3,(H,18,19). The van der Waals surface area contributed by atoms with E-state index in [-0.39, 0.29) is 11.8 Å². The average Bonchev–Trinajstić information content (AvgIpc) is 2.36. The zero-order valence-corrected chi connectivity index (χ0v) is 11.3. The van der Waals surface area contributed by atoms with Gasteiger partial charge in [-0.3, -0.25) is 9.78 Å². The van der Waals surface area contributed by atoms with Crippen molar-refractivity contribution in [3.8, 4) is 0 Å². The molecule has 1 heterocycles. The van der Waals surface area contributed by atoms with E-state index in [1.54, 1.807) is 6.20 Å². The third kappa shape index (κ3) is 2.33. The molecular formula is C16H18N2O. The van der Waals surface area contributed by atoms with Gasteiger partial charge in [0.1, 0.15) is 0 Å². The lowest BCUT2D eigenvalue weighted by Crippen LogP contribution is -2.39. The van der Waals surface area contributed by atoms with E-state index in [9.17, 15) is 4.79 Å². The molecule has 1 aromatic carbocycles. The molecule has 0 unspecified atom stereocenters. The highest BCUT2D eigenvalue weighted by Gasteiger charge is 2.40. The van der Waals surface area contributed by atoms with Gasteiger partial charge in [0, 0.05) is 17.5 Å². The molecule has 0 atom stereocenters. The number of fused-ring (bicyclic) bond motifs is 1. The van der Waals surface area contributed by atoms with Crippen molar-refractivity contribution in [3.63, 3.8) is 0 Å². The van der Waals surface area contributed by atoms with Crippen molar-refractivity contribution in [1.82, 2.24) is 4.98 Å². The quantitative estimate of drug-likeness (QED) is 0.889. The summed E-state index contributed by atoms with van der Waals surface area (Å²) < 4.78 is 0. The van der Waals surface area contributed by atoms with Gasteiger partial charge in [0.2, 0.25) is 5.91 Å². The lowest BCUT2D eigenvalue weighted by atomic mass is 9.64. The Kier molecular flexibility index (Phi) is 2.77. The number of amides is 1. The maximum absolute atomic E-state index is 12.2. The minimum atomic E-state index is 0.123. The molecule has 0 spiro atoms. The highest BCUT2D eigenvalue weighted by atomic mass is 16.1. The number of hydrogen-bond acceptors (Lipinski definition) is 2. The Balaban J connectivity index is 1.80. The summed E-state index contributed by atoms with van der Waals surface area (Å²) in [5, 5.41) is 4.07. The third-order valence-corrected chi connectivity index (χ3v) is 3.86. The first-order valence-corrected chi connectivity index (χ1v) is 6.70. The molecule has 1 saturated carbocycles. The number of para-hydroxylation sites is 1. The van der Waals surface area contributed by atoms with Crippen molar-refractivity contribution in [2.24, 2.45) is 11.3 Å². The predicted octanol–water partition coefficient (Wildman–Crippen LogP) is 3.61. The van der Waals surface area contributed by atoms with Gasteiger partial charge in [-0.25, -0.2) is 0 Å². The van der Waals surface area contributed by atoms with Gasteiger partial charge in [-0.1, -0.05) is 32.0 Å². The Hall–Kier alpha value is -1.90. The molecule has 3 nitrogen and oxygen atoms in total. The Morgan fingerprint density at radius 2 is 2.00 bits per heavy atom. The Bertz CT molecular complexity index is 620. The normalized spacial score (nSPS) is 18.0. The Labute approximate surface area is 113 Å². The second-order valence-corrected chi connectivity index (χ2v) is 6.14. The zero-order valence-electron chi connectivity index (χ0n) is 11.3. The second-order valence-electron chi connectivity index (χ2n) is 6.14. The molecule has 19 heavy (non-hydrogen) atoms. The highest BCUT2D eigenvalue weighted by molar-refractivity contribution is 6.01. The van der Waals surface area contributed by atoms with Crippen molar-refractivity contribution in [2.75, 3.05) is 5.32 Å². The lowest BCUT2D eigenvalue weighted by Gasteiger charge is -2.41. The molecule has 0 radical (unpaired) electrons. The van der Waals surface area contributed by atoms with Crippen LogP contribution in [0.5, 0.6) is 0 Å². The topological polar surface area (TPSA) is 42.0 Å². The van der Waals surface area contributed by atoms with E-state index in [4.69, 9.17) is 0 Å². The van der Waals surface area contributed by atoms with E-state index in [2.05, 4.69) is 24.1 Å². The molecule has 1 amide bonds. The van der Waals surface area contributed by atoms with Crippen LogP contribution in [0.4, 0.5) is 5.69 Å². The van der Waals surface area contributed by atoms with Crippen molar-refractivity contribution < 1.29 is 4.79 Å². The Morgan fingerprint density at radius 3 is 2.74 bits per heavy atom. The van der Waals surface area contributed by atoms with Gasteiger partial charge in [0.15, 0.2) is 0 Å². The molecule has 1 aliphatic carbocycles. The Morgan fingerprint density at radius 1 is 1.26 bits per heavy atom. The maximum Gasteiger partial charge on any atom is 0.227 e. The summed E-state index contributed by atoms with van der Waals surface area (Å²) in [5.74, 6) is 0.270. The summed E-state index contributed by atoms with van der Waals surface area (Å²) in [6.45, 7) is 4.41. The average molecular weight is 254 g/mol. The van der Waals surface area contributed by atoms with Crippen molar-refractivity contribution in [1.29, 1.82) is 0 Å². The first-order valence-electron chi connectivity index (χ1n) is 6.70. The molecule has 1 N–H and O–H groups in total. The molecule has 0 saturated heterocycles. The maximum atomic E-state index is 12.2. The smallest absolute Gasteiger partial charge is 0.227 e. The SMILES string of the molecule is CC1(C)CC(C(=O)Nc2cccc3cccnc23)C1.